The SMILES string of the molecule is CNC(=O)c1ccn(-c2nccc(C(=O)OC)c2N)n1. The molecule has 2 aromatic rings. The maximum atomic E-state index is 11.6. The predicted octanol–water partition coefficient (Wildman–Crippen LogP) is -0.00430. The average molecular weight is 275 g/mol. The number of hydrogen-bond acceptors (Lipinski definition) is 6. The summed E-state index contributed by atoms with van der Waals surface area (Å²) in [5.74, 6) is -0.640. The number of nitrogen functional groups attached to an aromatic ring is 1. The van der Waals surface area contributed by atoms with Crippen molar-refractivity contribution in [2.24, 2.45) is 0 Å². The Morgan fingerprint density at radius 2 is 2.15 bits per heavy atom. The highest BCUT2D eigenvalue weighted by atomic mass is 16.5. The fourth-order valence-corrected chi connectivity index (χ4v) is 1.62. The molecule has 104 valence electrons. The Bertz CT molecular complexity index is 665. The Hall–Kier alpha value is -2.90. The van der Waals surface area contributed by atoms with Crippen LogP contribution in [0.5, 0.6) is 0 Å². The fourth-order valence-electron chi connectivity index (χ4n) is 1.62. The van der Waals surface area contributed by atoms with Crippen LogP contribution < -0.4 is 11.1 Å². The van der Waals surface area contributed by atoms with Crippen LogP contribution in [0, 0.1) is 0 Å². The number of aromatic nitrogens is 3. The van der Waals surface area contributed by atoms with E-state index in [1.807, 2.05) is 0 Å². The monoisotopic (exact) mass is 275 g/mol. The van der Waals surface area contributed by atoms with Crippen molar-refractivity contribution in [3.8, 4) is 5.82 Å². The molecule has 0 aliphatic rings. The van der Waals surface area contributed by atoms with Gasteiger partial charge in [0.2, 0.25) is 0 Å². The van der Waals surface area contributed by atoms with E-state index in [1.165, 1.54) is 43.4 Å². The molecule has 0 fully saturated rings. The number of esters is 1. The first-order valence-corrected chi connectivity index (χ1v) is 5.69. The molecule has 2 heterocycles. The quantitative estimate of drug-likeness (QED) is 0.762. The summed E-state index contributed by atoms with van der Waals surface area (Å²) in [6.45, 7) is 0. The molecule has 3 N–H and O–H groups in total. The second kappa shape index (κ2) is 5.39. The van der Waals surface area contributed by atoms with Gasteiger partial charge in [-0.15, -0.1) is 0 Å². The van der Waals surface area contributed by atoms with Gasteiger partial charge in [-0.1, -0.05) is 0 Å². The zero-order valence-electron chi connectivity index (χ0n) is 11.0. The van der Waals surface area contributed by atoms with Crippen molar-refractivity contribution < 1.29 is 14.3 Å². The van der Waals surface area contributed by atoms with Crippen molar-refractivity contribution in [3.63, 3.8) is 0 Å². The molecule has 0 atom stereocenters. The number of anilines is 1. The molecule has 0 spiro atoms. The summed E-state index contributed by atoms with van der Waals surface area (Å²) in [4.78, 5) is 27.1. The predicted molar refractivity (Wildman–Crippen MR) is 70.5 cm³/mol. The van der Waals surface area contributed by atoms with Crippen LogP contribution in [0.25, 0.3) is 5.82 Å². The molecular formula is C12H13N5O3. The average Bonchev–Trinajstić information content (AvgIpc) is 2.95. The van der Waals surface area contributed by atoms with Crippen molar-refractivity contribution in [1.82, 2.24) is 20.1 Å². The van der Waals surface area contributed by atoms with Gasteiger partial charge in [0.25, 0.3) is 5.91 Å². The van der Waals surface area contributed by atoms with Crippen LogP contribution in [0.3, 0.4) is 0 Å². The largest absolute Gasteiger partial charge is 0.465 e. The van der Waals surface area contributed by atoms with E-state index in [1.54, 1.807) is 0 Å². The number of nitrogens with two attached hydrogens (primary N) is 1. The molecule has 0 aromatic carbocycles. The molecule has 0 radical (unpaired) electrons. The highest BCUT2D eigenvalue weighted by Gasteiger charge is 2.16. The molecule has 0 saturated carbocycles. The molecule has 8 heteroatoms. The van der Waals surface area contributed by atoms with Gasteiger partial charge in [-0.05, 0) is 12.1 Å². The highest BCUT2D eigenvalue weighted by Crippen LogP contribution is 2.19. The second-order valence-corrected chi connectivity index (χ2v) is 3.81. The second-order valence-electron chi connectivity index (χ2n) is 3.81. The van der Waals surface area contributed by atoms with Crippen molar-refractivity contribution in [2.75, 3.05) is 19.9 Å². The maximum Gasteiger partial charge on any atom is 0.340 e. The maximum absolute atomic E-state index is 11.6. The topological polar surface area (TPSA) is 112 Å². The van der Waals surface area contributed by atoms with Gasteiger partial charge in [0.05, 0.1) is 18.4 Å². The van der Waals surface area contributed by atoms with Gasteiger partial charge in [-0.3, -0.25) is 4.79 Å². The van der Waals surface area contributed by atoms with Crippen LogP contribution >= 0.6 is 0 Å². The van der Waals surface area contributed by atoms with Gasteiger partial charge >= 0.3 is 5.97 Å². The normalized spacial score (nSPS) is 10.1. The first-order valence-electron chi connectivity index (χ1n) is 5.69. The molecule has 8 nitrogen and oxygen atoms in total. The summed E-state index contributed by atoms with van der Waals surface area (Å²) < 4.78 is 5.95. The Morgan fingerprint density at radius 3 is 2.80 bits per heavy atom. The molecule has 0 unspecified atom stereocenters. The Morgan fingerprint density at radius 1 is 1.40 bits per heavy atom. The van der Waals surface area contributed by atoms with E-state index in [2.05, 4.69) is 20.1 Å². The van der Waals surface area contributed by atoms with E-state index in [9.17, 15) is 9.59 Å². The lowest BCUT2D eigenvalue weighted by Crippen LogP contribution is -2.19. The zero-order chi connectivity index (χ0) is 14.7. The van der Waals surface area contributed by atoms with Crippen LogP contribution in [-0.2, 0) is 4.74 Å². The summed E-state index contributed by atoms with van der Waals surface area (Å²) >= 11 is 0. The highest BCUT2D eigenvalue weighted by molar-refractivity contribution is 5.96. The van der Waals surface area contributed by atoms with E-state index < -0.39 is 5.97 Å². The van der Waals surface area contributed by atoms with Crippen LogP contribution in [0.1, 0.15) is 20.8 Å². The number of pyridine rings is 1. The third-order valence-corrected chi connectivity index (χ3v) is 2.64. The number of ether oxygens (including phenoxy) is 1. The summed E-state index contributed by atoms with van der Waals surface area (Å²) in [5.41, 5.74) is 6.42. The minimum Gasteiger partial charge on any atom is -0.465 e. The van der Waals surface area contributed by atoms with E-state index in [0.717, 1.165) is 0 Å². The molecule has 2 aromatic heterocycles. The molecule has 2 rings (SSSR count). The van der Waals surface area contributed by atoms with Gasteiger partial charge in [0.15, 0.2) is 11.5 Å². The van der Waals surface area contributed by atoms with Crippen molar-refractivity contribution in [1.29, 1.82) is 0 Å². The molecule has 20 heavy (non-hydrogen) atoms. The third kappa shape index (κ3) is 2.30. The Kier molecular flexibility index (Phi) is 3.65. The van der Waals surface area contributed by atoms with Crippen LogP contribution in [0.4, 0.5) is 5.69 Å². The third-order valence-electron chi connectivity index (χ3n) is 2.64. The van der Waals surface area contributed by atoms with Crippen molar-refractivity contribution in [3.05, 3.63) is 35.8 Å². The van der Waals surface area contributed by atoms with Gasteiger partial charge in [0.1, 0.15) is 0 Å². The number of methoxy groups -OCH3 is 1. The number of hydrogen-bond donors (Lipinski definition) is 2. The fraction of sp³-hybridized carbons (Fsp3) is 0.167. The number of carbonyl (C=O) groups excluding carboxylic acids is 2. The Balaban J connectivity index is 2.45. The first-order chi connectivity index (χ1) is 9.58. The van der Waals surface area contributed by atoms with E-state index in [-0.39, 0.29) is 28.7 Å². The minimum atomic E-state index is -0.565. The van der Waals surface area contributed by atoms with Crippen molar-refractivity contribution >= 4 is 17.6 Å². The molecule has 0 saturated heterocycles. The van der Waals surface area contributed by atoms with E-state index in [4.69, 9.17) is 5.73 Å². The molecule has 0 bridgehead atoms. The van der Waals surface area contributed by atoms with Crippen LogP contribution in [-0.4, -0.2) is 40.8 Å². The van der Waals surface area contributed by atoms with E-state index >= 15 is 0 Å². The number of nitrogens with zero attached hydrogens (tertiary/aromatic N) is 3. The summed E-state index contributed by atoms with van der Waals surface area (Å²) in [5, 5.41) is 6.51. The molecule has 1 amide bonds. The molecule has 0 aliphatic carbocycles. The summed E-state index contributed by atoms with van der Waals surface area (Å²) in [6, 6.07) is 2.97. The van der Waals surface area contributed by atoms with Crippen LogP contribution in [0.2, 0.25) is 0 Å². The lowest BCUT2D eigenvalue weighted by molar-refractivity contribution is 0.0601. The summed E-state index contributed by atoms with van der Waals surface area (Å²) in [6.07, 6.45) is 2.95. The number of amides is 1. The minimum absolute atomic E-state index is 0.130. The zero-order valence-corrected chi connectivity index (χ0v) is 11.0. The molecule has 0 aliphatic heterocycles. The molecular weight excluding hydrogens is 262 g/mol. The lowest BCUT2D eigenvalue weighted by Gasteiger charge is -2.08. The first kappa shape index (κ1) is 13.5. The Labute approximate surface area is 114 Å². The lowest BCUT2D eigenvalue weighted by atomic mass is 10.2. The summed E-state index contributed by atoms with van der Waals surface area (Å²) in [7, 11) is 2.77. The van der Waals surface area contributed by atoms with Gasteiger partial charge in [0, 0.05) is 19.4 Å². The van der Waals surface area contributed by atoms with E-state index in [0.29, 0.717) is 0 Å². The number of carbonyl (C=O) groups is 2. The van der Waals surface area contributed by atoms with Crippen LogP contribution in [0.15, 0.2) is 24.5 Å². The smallest absolute Gasteiger partial charge is 0.340 e. The van der Waals surface area contributed by atoms with Gasteiger partial charge < -0.3 is 15.8 Å². The number of nitrogens with one attached hydrogen (secondary N) is 1. The number of rotatable bonds is 3. The van der Waals surface area contributed by atoms with Gasteiger partial charge in [-0.25, -0.2) is 14.5 Å². The van der Waals surface area contributed by atoms with Gasteiger partial charge in [-0.2, -0.15) is 5.10 Å². The standard InChI is InChI=1S/C12H13N5O3/c1-14-11(18)8-4-6-17(16-8)10-9(13)7(3-5-15-10)12(19)20-2/h3-6H,13H2,1-2H3,(H,14,18). The van der Waals surface area contributed by atoms with Crippen molar-refractivity contribution in [2.45, 2.75) is 0 Å².